The zero-order valence-corrected chi connectivity index (χ0v) is 12.2. The van der Waals surface area contributed by atoms with Crippen molar-refractivity contribution in [2.75, 3.05) is 43.1 Å². The highest BCUT2D eigenvalue weighted by molar-refractivity contribution is 6.33. The summed E-state index contributed by atoms with van der Waals surface area (Å²) in [6.45, 7) is 5.78. The lowest BCUT2D eigenvalue weighted by Crippen LogP contribution is -2.36. The quantitative estimate of drug-likeness (QED) is 0.892. The first-order valence-corrected chi connectivity index (χ1v) is 7.29. The van der Waals surface area contributed by atoms with Crippen molar-refractivity contribution in [3.63, 3.8) is 0 Å². The van der Waals surface area contributed by atoms with Gasteiger partial charge in [-0.25, -0.2) is 0 Å². The molecule has 0 aliphatic carbocycles. The van der Waals surface area contributed by atoms with Crippen LogP contribution in [-0.2, 0) is 9.53 Å². The van der Waals surface area contributed by atoms with Crippen LogP contribution in [0.4, 0.5) is 11.4 Å². The van der Waals surface area contributed by atoms with E-state index in [0.717, 1.165) is 36.6 Å². The predicted molar refractivity (Wildman–Crippen MR) is 79.5 cm³/mol. The van der Waals surface area contributed by atoms with E-state index >= 15 is 0 Å². The molecule has 1 atom stereocenters. The van der Waals surface area contributed by atoms with E-state index in [-0.39, 0.29) is 11.9 Å². The minimum Gasteiger partial charge on any atom is -0.378 e. The topological polar surface area (TPSA) is 53.6 Å². The van der Waals surface area contributed by atoms with E-state index in [1.165, 1.54) is 0 Å². The van der Waals surface area contributed by atoms with Crippen LogP contribution in [0.3, 0.4) is 0 Å². The van der Waals surface area contributed by atoms with Gasteiger partial charge in [-0.1, -0.05) is 18.5 Å². The third kappa shape index (κ3) is 2.37. The van der Waals surface area contributed by atoms with Crippen LogP contribution in [0.25, 0.3) is 0 Å². The average Bonchev–Trinajstić information content (AvgIpc) is 2.75. The van der Waals surface area contributed by atoms with Gasteiger partial charge < -0.3 is 20.3 Å². The number of morpholine rings is 1. The van der Waals surface area contributed by atoms with Crippen LogP contribution in [0.2, 0.25) is 5.02 Å². The van der Waals surface area contributed by atoms with Crippen LogP contribution in [0.15, 0.2) is 12.1 Å². The van der Waals surface area contributed by atoms with E-state index in [1.54, 1.807) is 0 Å². The highest BCUT2D eigenvalue weighted by atomic mass is 35.5. The number of hydrogen-bond acceptors (Lipinski definition) is 4. The van der Waals surface area contributed by atoms with Crippen LogP contribution in [0.1, 0.15) is 18.5 Å². The number of carbonyl (C=O) groups excluding carboxylic acids is 1. The molecule has 2 N–H and O–H groups in total. The largest absolute Gasteiger partial charge is 0.378 e. The Morgan fingerprint density at radius 3 is 2.90 bits per heavy atom. The number of nitrogens with zero attached hydrogens (tertiary/aromatic N) is 1. The second kappa shape index (κ2) is 5.60. The Kier molecular flexibility index (Phi) is 3.83. The number of benzene rings is 1. The number of anilines is 2. The monoisotopic (exact) mass is 295 g/mol. The number of likely N-dealkylation sites (N-methyl/N-ethyl adjacent to an activating group) is 1. The molecule has 6 heteroatoms. The summed E-state index contributed by atoms with van der Waals surface area (Å²) in [6.07, 6.45) is 0. The fourth-order valence-electron chi connectivity index (χ4n) is 2.72. The molecule has 2 aliphatic heterocycles. The van der Waals surface area contributed by atoms with E-state index in [9.17, 15) is 4.79 Å². The standard InChI is InChI=1S/C14H18ClN3O2/c1-2-16-13-9-7-10(15)12(8-11(9)17-14(13)19)18-3-5-20-6-4-18/h7-8,13,16H,2-6H2,1H3,(H,17,19). The van der Waals surface area contributed by atoms with E-state index in [2.05, 4.69) is 15.5 Å². The minimum atomic E-state index is -0.300. The van der Waals surface area contributed by atoms with Crippen molar-refractivity contribution >= 4 is 28.9 Å². The van der Waals surface area contributed by atoms with Crippen molar-refractivity contribution in [2.24, 2.45) is 0 Å². The first-order valence-electron chi connectivity index (χ1n) is 6.91. The Bertz CT molecular complexity index is 529. The van der Waals surface area contributed by atoms with Gasteiger partial charge in [0.25, 0.3) is 0 Å². The van der Waals surface area contributed by atoms with Crippen molar-refractivity contribution in [1.82, 2.24) is 5.32 Å². The maximum absolute atomic E-state index is 12.0. The van der Waals surface area contributed by atoms with E-state index in [1.807, 2.05) is 19.1 Å². The molecule has 0 spiro atoms. The molecule has 108 valence electrons. The molecule has 1 amide bonds. The number of halogens is 1. The van der Waals surface area contributed by atoms with Crippen LogP contribution in [-0.4, -0.2) is 38.8 Å². The van der Waals surface area contributed by atoms with Crippen LogP contribution >= 0.6 is 11.6 Å². The molecule has 1 unspecified atom stereocenters. The van der Waals surface area contributed by atoms with Gasteiger partial charge in [0.15, 0.2) is 0 Å². The Morgan fingerprint density at radius 1 is 1.45 bits per heavy atom. The first-order chi connectivity index (χ1) is 9.70. The average molecular weight is 296 g/mol. The summed E-state index contributed by atoms with van der Waals surface area (Å²) < 4.78 is 5.36. The summed E-state index contributed by atoms with van der Waals surface area (Å²) in [7, 11) is 0. The molecular formula is C14H18ClN3O2. The number of carbonyl (C=O) groups is 1. The van der Waals surface area contributed by atoms with E-state index in [4.69, 9.17) is 16.3 Å². The Labute approximate surface area is 123 Å². The maximum atomic E-state index is 12.0. The van der Waals surface area contributed by atoms with Gasteiger partial charge in [-0.2, -0.15) is 0 Å². The Morgan fingerprint density at radius 2 is 2.20 bits per heavy atom. The molecule has 1 aromatic carbocycles. The second-order valence-corrected chi connectivity index (χ2v) is 5.38. The lowest BCUT2D eigenvalue weighted by atomic mass is 10.1. The van der Waals surface area contributed by atoms with Crippen molar-refractivity contribution in [2.45, 2.75) is 13.0 Å². The second-order valence-electron chi connectivity index (χ2n) is 4.97. The fraction of sp³-hybridized carbons (Fsp3) is 0.500. The number of hydrogen-bond donors (Lipinski definition) is 2. The number of nitrogens with one attached hydrogen (secondary N) is 2. The SMILES string of the molecule is CCNC1C(=O)Nc2cc(N3CCOCC3)c(Cl)cc21. The molecule has 2 aliphatic rings. The summed E-state index contributed by atoms with van der Waals surface area (Å²) in [5.74, 6) is -0.0166. The van der Waals surface area contributed by atoms with Crippen LogP contribution < -0.4 is 15.5 Å². The summed E-state index contributed by atoms with van der Waals surface area (Å²) in [5.41, 5.74) is 2.75. The van der Waals surface area contributed by atoms with Gasteiger partial charge in [-0.3, -0.25) is 4.79 Å². The summed E-state index contributed by atoms with van der Waals surface area (Å²) in [4.78, 5) is 14.2. The van der Waals surface area contributed by atoms with Gasteiger partial charge in [0.1, 0.15) is 6.04 Å². The lowest BCUT2D eigenvalue weighted by molar-refractivity contribution is -0.117. The summed E-state index contributed by atoms with van der Waals surface area (Å²) >= 11 is 6.41. The third-order valence-electron chi connectivity index (χ3n) is 3.71. The molecule has 0 saturated carbocycles. The van der Waals surface area contributed by atoms with Gasteiger partial charge in [0, 0.05) is 24.3 Å². The van der Waals surface area contributed by atoms with Crippen molar-refractivity contribution < 1.29 is 9.53 Å². The maximum Gasteiger partial charge on any atom is 0.246 e. The smallest absolute Gasteiger partial charge is 0.246 e. The molecule has 5 nitrogen and oxygen atoms in total. The highest BCUT2D eigenvalue weighted by Crippen LogP contribution is 2.39. The van der Waals surface area contributed by atoms with E-state index < -0.39 is 0 Å². The number of rotatable bonds is 3. The number of amides is 1. The van der Waals surface area contributed by atoms with Gasteiger partial charge in [0.05, 0.1) is 23.9 Å². The van der Waals surface area contributed by atoms with Crippen molar-refractivity contribution in [3.8, 4) is 0 Å². The molecule has 1 fully saturated rings. The summed E-state index contributed by atoms with van der Waals surface area (Å²) in [6, 6.07) is 3.57. The molecule has 1 aromatic rings. The van der Waals surface area contributed by atoms with Gasteiger partial charge in [-0.05, 0) is 18.7 Å². The van der Waals surface area contributed by atoms with Crippen molar-refractivity contribution in [3.05, 3.63) is 22.7 Å². The first kappa shape index (κ1) is 13.7. The van der Waals surface area contributed by atoms with Crippen LogP contribution in [0.5, 0.6) is 0 Å². The predicted octanol–water partition coefficient (Wildman–Crippen LogP) is 1.78. The summed E-state index contributed by atoms with van der Waals surface area (Å²) in [5, 5.41) is 6.78. The van der Waals surface area contributed by atoms with Gasteiger partial charge >= 0.3 is 0 Å². The molecule has 0 bridgehead atoms. The molecule has 0 radical (unpaired) electrons. The zero-order valence-electron chi connectivity index (χ0n) is 11.4. The minimum absolute atomic E-state index is 0.0166. The molecule has 2 heterocycles. The molecular weight excluding hydrogens is 278 g/mol. The third-order valence-corrected chi connectivity index (χ3v) is 4.01. The molecule has 3 rings (SSSR count). The zero-order chi connectivity index (χ0) is 14.1. The normalized spacial score (nSPS) is 21.8. The van der Waals surface area contributed by atoms with Gasteiger partial charge in [-0.15, -0.1) is 0 Å². The van der Waals surface area contributed by atoms with E-state index in [0.29, 0.717) is 18.2 Å². The highest BCUT2D eigenvalue weighted by Gasteiger charge is 2.31. The number of ether oxygens (including phenoxy) is 1. The molecule has 0 aromatic heterocycles. The van der Waals surface area contributed by atoms with Crippen LogP contribution in [0, 0.1) is 0 Å². The molecule has 20 heavy (non-hydrogen) atoms. The Hall–Kier alpha value is -1.30. The van der Waals surface area contributed by atoms with Gasteiger partial charge in [0.2, 0.25) is 5.91 Å². The van der Waals surface area contributed by atoms with Crippen molar-refractivity contribution in [1.29, 1.82) is 0 Å². The fourth-order valence-corrected chi connectivity index (χ4v) is 3.02. The molecule has 1 saturated heterocycles. The Balaban J connectivity index is 1.93. The lowest BCUT2D eigenvalue weighted by Gasteiger charge is -2.30. The number of fused-ring (bicyclic) bond motifs is 1.